The zero-order chi connectivity index (χ0) is 16.8. The standard InChI is InChI=1S/C10H11BrO.C10H12O2/c2*11-6-5-9-7-8-3-1-2-4-10(8)12-9/h1-4,9H,5-7H2;1-4,9,11H,5-7H2. The minimum Gasteiger partial charge on any atom is -0.490 e. The smallest absolute Gasteiger partial charge is 0.123 e. The van der Waals surface area contributed by atoms with E-state index in [-0.39, 0.29) is 12.7 Å². The first kappa shape index (κ1) is 17.3. The fourth-order valence-corrected chi connectivity index (χ4v) is 3.61. The molecule has 0 saturated carbocycles. The Morgan fingerprint density at radius 2 is 1.33 bits per heavy atom. The maximum Gasteiger partial charge on any atom is 0.123 e. The van der Waals surface area contributed by atoms with Crippen molar-refractivity contribution in [1.29, 1.82) is 0 Å². The highest BCUT2D eigenvalue weighted by molar-refractivity contribution is 9.09. The molecular formula is C20H23BrO3. The third kappa shape index (κ3) is 4.31. The lowest BCUT2D eigenvalue weighted by Gasteiger charge is -2.07. The number of aliphatic hydroxyl groups is 1. The van der Waals surface area contributed by atoms with Crippen LogP contribution in [0.5, 0.6) is 11.5 Å². The second-order valence-corrected chi connectivity index (χ2v) is 6.89. The maximum absolute atomic E-state index is 8.73. The third-order valence-electron chi connectivity index (χ3n) is 4.31. The highest BCUT2D eigenvalue weighted by atomic mass is 79.9. The fraction of sp³-hybridized carbons (Fsp3) is 0.400. The quantitative estimate of drug-likeness (QED) is 0.796. The first-order valence-electron chi connectivity index (χ1n) is 8.46. The van der Waals surface area contributed by atoms with E-state index in [4.69, 9.17) is 14.6 Å². The van der Waals surface area contributed by atoms with Gasteiger partial charge in [-0.05, 0) is 29.7 Å². The normalized spacial score (nSPS) is 20.2. The molecule has 0 radical (unpaired) electrons. The Labute approximate surface area is 151 Å². The van der Waals surface area contributed by atoms with Gasteiger partial charge in [0.25, 0.3) is 0 Å². The van der Waals surface area contributed by atoms with E-state index in [1.54, 1.807) is 0 Å². The van der Waals surface area contributed by atoms with E-state index in [0.29, 0.717) is 6.10 Å². The van der Waals surface area contributed by atoms with Crippen molar-refractivity contribution in [3.8, 4) is 11.5 Å². The van der Waals surface area contributed by atoms with Crippen LogP contribution in [0.4, 0.5) is 0 Å². The first-order valence-corrected chi connectivity index (χ1v) is 9.58. The second kappa shape index (κ2) is 8.54. The van der Waals surface area contributed by atoms with Crippen LogP contribution < -0.4 is 9.47 Å². The zero-order valence-electron chi connectivity index (χ0n) is 13.7. The van der Waals surface area contributed by atoms with Crippen molar-refractivity contribution in [2.45, 2.75) is 37.9 Å². The van der Waals surface area contributed by atoms with E-state index in [2.05, 4.69) is 34.1 Å². The number of fused-ring (bicyclic) bond motifs is 2. The molecule has 4 rings (SSSR count). The lowest BCUT2D eigenvalue weighted by molar-refractivity contribution is 0.175. The Hall–Kier alpha value is -1.52. The molecule has 0 saturated heterocycles. The summed E-state index contributed by atoms with van der Waals surface area (Å²) in [6, 6.07) is 16.3. The molecule has 2 aromatic carbocycles. The Morgan fingerprint density at radius 3 is 1.79 bits per heavy atom. The van der Waals surface area contributed by atoms with Crippen LogP contribution in [0, 0.1) is 0 Å². The van der Waals surface area contributed by atoms with Crippen molar-refractivity contribution in [2.75, 3.05) is 11.9 Å². The SMILES string of the molecule is BrCCC1Cc2ccccc2O1.OCCC1Cc2ccccc2O1. The van der Waals surface area contributed by atoms with Gasteiger partial charge >= 0.3 is 0 Å². The number of aliphatic hydroxyl groups excluding tert-OH is 1. The highest BCUT2D eigenvalue weighted by Crippen LogP contribution is 2.30. The molecule has 2 heterocycles. The van der Waals surface area contributed by atoms with Crippen LogP contribution in [-0.2, 0) is 12.8 Å². The van der Waals surface area contributed by atoms with Crippen molar-refractivity contribution in [3.63, 3.8) is 0 Å². The lowest BCUT2D eigenvalue weighted by atomic mass is 10.1. The van der Waals surface area contributed by atoms with E-state index in [1.165, 1.54) is 11.1 Å². The Kier molecular flexibility index (Phi) is 6.16. The van der Waals surface area contributed by atoms with Gasteiger partial charge in [-0.15, -0.1) is 0 Å². The molecular weight excluding hydrogens is 368 g/mol. The zero-order valence-corrected chi connectivity index (χ0v) is 15.2. The first-order chi connectivity index (χ1) is 11.8. The van der Waals surface area contributed by atoms with Gasteiger partial charge in [-0.2, -0.15) is 0 Å². The summed E-state index contributed by atoms with van der Waals surface area (Å²) in [4.78, 5) is 0. The highest BCUT2D eigenvalue weighted by Gasteiger charge is 2.21. The van der Waals surface area contributed by atoms with Gasteiger partial charge in [0.05, 0.1) is 0 Å². The van der Waals surface area contributed by atoms with Crippen molar-refractivity contribution >= 4 is 15.9 Å². The Bertz CT molecular complexity index is 551. The van der Waals surface area contributed by atoms with Crippen molar-refractivity contribution in [1.82, 2.24) is 0 Å². The molecule has 4 heteroatoms. The number of para-hydroxylation sites is 2. The molecule has 0 aliphatic carbocycles. The van der Waals surface area contributed by atoms with Crippen molar-refractivity contribution < 1.29 is 14.6 Å². The number of ether oxygens (including phenoxy) is 2. The van der Waals surface area contributed by atoms with E-state index >= 15 is 0 Å². The molecule has 0 fully saturated rings. The largest absolute Gasteiger partial charge is 0.490 e. The van der Waals surface area contributed by atoms with Crippen LogP contribution in [-0.4, -0.2) is 29.3 Å². The van der Waals surface area contributed by atoms with E-state index in [0.717, 1.165) is 42.5 Å². The molecule has 24 heavy (non-hydrogen) atoms. The minimum atomic E-state index is 0.187. The molecule has 2 atom stereocenters. The fourth-order valence-electron chi connectivity index (χ4n) is 3.10. The summed E-state index contributed by atoms with van der Waals surface area (Å²) in [5.74, 6) is 2.06. The summed E-state index contributed by atoms with van der Waals surface area (Å²) in [7, 11) is 0. The topological polar surface area (TPSA) is 38.7 Å². The van der Waals surface area contributed by atoms with Crippen molar-refractivity contribution in [3.05, 3.63) is 59.7 Å². The molecule has 2 aliphatic rings. The molecule has 3 nitrogen and oxygen atoms in total. The Morgan fingerprint density at radius 1 is 0.833 bits per heavy atom. The number of rotatable bonds is 4. The molecule has 2 aromatic rings. The predicted octanol–water partition coefficient (Wildman–Crippen LogP) is 4.15. The van der Waals surface area contributed by atoms with E-state index in [9.17, 15) is 0 Å². The van der Waals surface area contributed by atoms with Gasteiger partial charge < -0.3 is 14.6 Å². The van der Waals surface area contributed by atoms with Crippen LogP contribution in [0.15, 0.2) is 48.5 Å². The Balaban J connectivity index is 0.000000141. The van der Waals surface area contributed by atoms with Gasteiger partial charge in [-0.3, -0.25) is 0 Å². The molecule has 0 bridgehead atoms. The average Bonchev–Trinajstić information content (AvgIpc) is 3.18. The summed E-state index contributed by atoms with van der Waals surface area (Å²) in [5, 5.41) is 9.75. The molecule has 128 valence electrons. The van der Waals surface area contributed by atoms with Gasteiger partial charge in [0, 0.05) is 31.2 Å². The van der Waals surface area contributed by atoms with E-state index in [1.807, 2.05) is 30.3 Å². The third-order valence-corrected chi connectivity index (χ3v) is 4.77. The molecule has 0 amide bonds. The molecule has 0 spiro atoms. The number of hydrogen-bond donors (Lipinski definition) is 1. The predicted molar refractivity (Wildman–Crippen MR) is 99.2 cm³/mol. The van der Waals surface area contributed by atoms with Gasteiger partial charge in [-0.1, -0.05) is 52.3 Å². The summed E-state index contributed by atoms with van der Waals surface area (Å²) in [6.45, 7) is 0.207. The number of hydrogen-bond acceptors (Lipinski definition) is 3. The molecule has 2 aliphatic heterocycles. The van der Waals surface area contributed by atoms with Crippen LogP contribution >= 0.6 is 15.9 Å². The minimum absolute atomic E-state index is 0.187. The van der Waals surface area contributed by atoms with Gasteiger partial charge in [0.2, 0.25) is 0 Å². The summed E-state index contributed by atoms with van der Waals surface area (Å²) in [5.41, 5.74) is 2.61. The van der Waals surface area contributed by atoms with Gasteiger partial charge in [0.1, 0.15) is 23.7 Å². The summed E-state index contributed by atoms with van der Waals surface area (Å²) < 4.78 is 11.3. The molecule has 0 aromatic heterocycles. The lowest BCUT2D eigenvalue weighted by Crippen LogP contribution is -2.14. The molecule has 2 unspecified atom stereocenters. The van der Waals surface area contributed by atoms with Gasteiger partial charge in [0.15, 0.2) is 0 Å². The van der Waals surface area contributed by atoms with E-state index < -0.39 is 0 Å². The summed E-state index contributed by atoms with van der Waals surface area (Å²) >= 11 is 3.42. The maximum atomic E-state index is 8.73. The van der Waals surface area contributed by atoms with Crippen LogP contribution in [0.3, 0.4) is 0 Å². The van der Waals surface area contributed by atoms with Crippen LogP contribution in [0.1, 0.15) is 24.0 Å². The van der Waals surface area contributed by atoms with Crippen molar-refractivity contribution in [2.24, 2.45) is 0 Å². The average molecular weight is 391 g/mol. The monoisotopic (exact) mass is 390 g/mol. The number of alkyl halides is 1. The van der Waals surface area contributed by atoms with Gasteiger partial charge in [-0.25, -0.2) is 0 Å². The summed E-state index contributed by atoms with van der Waals surface area (Å²) in [6.07, 6.45) is 4.41. The number of halogens is 1. The van der Waals surface area contributed by atoms with Crippen LogP contribution in [0.2, 0.25) is 0 Å². The second-order valence-electron chi connectivity index (χ2n) is 6.09. The molecule has 1 N–H and O–H groups in total. The van der Waals surface area contributed by atoms with Crippen LogP contribution in [0.25, 0.3) is 0 Å². The number of benzene rings is 2.